The third kappa shape index (κ3) is 3.22. The van der Waals surface area contributed by atoms with Crippen molar-refractivity contribution in [3.63, 3.8) is 0 Å². The molecule has 0 unspecified atom stereocenters. The molecule has 8 heteroatoms. The van der Waals surface area contributed by atoms with E-state index >= 15 is 0 Å². The lowest BCUT2D eigenvalue weighted by atomic mass is 10.1. The summed E-state index contributed by atoms with van der Waals surface area (Å²) in [5, 5.41) is 0. The lowest BCUT2D eigenvalue weighted by Crippen LogP contribution is -2.26. The fraction of sp³-hybridized carbons (Fsp3) is 0.286. The summed E-state index contributed by atoms with van der Waals surface area (Å²) in [5.41, 5.74) is 0.801. The molecule has 1 aliphatic heterocycles. The summed E-state index contributed by atoms with van der Waals surface area (Å²) < 4.78 is 38.8. The SMILES string of the molecule is C[C@H](NS(=O)(=O)c1ccc(Cl)s1)c1ccc2c(c1)OCCO2. The molecule has 3 rings (SSSR count). The standard InChI is InChI=1S/C14H14ClNO4S2/c1-9(16-22(17,18)14-5-4-13(15)21-14)10-2-3-11-12(8-10)20-7-6-19-11/h2-5,8-9,16H,6-7H2,1H3/t9-/m0/s1. The van der Waals surface area contributed by atoms with Gasteiger partial charge in [-0.15, -0.1) is 11.3 Å². The van der Waals surface area contributed by atoms with Crippen LogP contribution in [-0.4, -0.2) is 21.6 Å². The van der Waals surface area contributed by atoms with E-state index in [1.807, 2.05) is 6.07 Å². The molecule has 1 aromatic heterocycles. The van der Waals surface area contributed by atoms with Gasteiger partial charge >= 0.3 is 0 Å². The predicted octanol–water partition coefficient (Wildman–Crippen LogP) is 3.21. The van der Waals surface area contributed by atoms with Crippen LogP contribution in [0.25, 0.3) is 0 Å². The normalized spacial score (nSPS) is 15.5. The van der Waals surface area contributed by atoms with E-state index in [2.05, 4.69) is 4.72 Å². The summed E-state index contributed by atoms with van der Waals surface area (Å²) in [5.74, 6) is 1.31. The number of thiophene rings is 1. The van der Waals surface area contributed by atoms with Gasteiger partial charge in [0.25, 0.3) is 10.0 Å². The molecule has 0 bridgehead atoms. The predicted molar refractivity (Wildman–Crippen MR) is 85.5 cm³/mol. The van der Waals surface area contributed by atoms with Crippen LogP contribution in [0.1, 0.15) is 18.5 Å². The van der Waals surface area contributed by atoms with Crippen molar-refractivity contribution in [2.45, 2.75) is 17.2 Å². The van der Waals surface area contributed by atoms with Gasteiger partial charge in [-0.3, -0.25) is 0 Å². The van der Waals surface area contributed by atoms with E-state index in [4.69, 9.17) is 21.1 Å². The van der Waals surface area contributed by atoms with E-state index in [0.717, 1.165) is 16.9 Å². The molecular formula is C14H14ClNO4S2. The molecule has 0 saturated carbocycles. The summed E-state index contributed by atoms with van der Waals surface area (Å²) in [4.78, 5) is 0. The molecule has 118 valence electrons. The summed E-state index contributed by atoms with van der Waals surface area (Å²) in [6.07, 6.45) is 0. The Labute approximate surface area is 137 Å². The summed E-state index contributed by atoms with van der Waals surface area (Å²) in [7, 11) is -3.60. The first-order valence-corrected chi connectivity index (χ1v) is 9.31. The van der Waals surface area contributed by atoms with Gasteiger partial charge < -0.3 is 9.47 Å². The van der Waals surface area contributed by atoms with Crippen LogP contribution in [0.2, 0.25) is 4.34 Å². The smallest absolute Gasteiger partial charge is 0.250 e. The van der Waals surface area contributed by atoms with Gasteiger partial charge in [-0.1, -0.05) is 17.7 Å². The zero-order valence-corrected chi connectivity index (χ0v) is 14.1. The minimum Gasteiger partial charge on any atom is -0.486 e. The maximum Gasteiger partial charge on any atom is 0.250 e. The summed E-state index contributed by atoms with van der Waals surface area (Å²) >= 11 is 6.82. The molecule has 5 nitrogen and oxygen atoms in total. The van der Waals surface area contributed by atoms with Gasteiger partial charge in [0.15, 0.2) is 11.5 Å². The third-order valence-corrected chi connectivity index (χ3v) is 6.48. The van der Waals surface area contributed by atoms with Crippen LogP contribution in [0, 0.1) is 0 Å². The van der Waals surface area contributed by atoms with E-state index < -0.39 is 16.1 Å². The number of fused-ring (bicyclic) bond motifs is 1. The van der Waals surface area contributed by atoms with E-state index in [1.54, 1.807) is 25.1 Å². The first kappa shape index (κ1) is 15.6. The summed E-state index contributed by atoms with van der Waals surface area (Å²) in [6, 6.07) is 8.06. The van der Waals surface area contributed by atoms with Crippen molar-refractivity contribution >= 4 is 33.0 Å². The molecule has 1 aromatic carbocycles. The molecule has 1 atom stereocenters. The summed E-state index contributed by atoms with van der Waals surface area (Å²) in [6.45, 7) is 2.79. The Bertz CT molecular complexity index is 788. The van der Waals surface area contributed by atoms with Gasteiger partial charge in [-0.05, 0) is 36.8 Å². The highest BCUT2D eigenvalue weighted by atomic mass is 35.5. The second kappa shape index (κ2) is 6.08. The largest absolute Gasteiger partial charge is 0.486 e. The molecule has 22 heavy (non-hydrogen) atoms. The maximum atomic E-state index is 12.3. The molecule has 2 aromatic rings. The van der Waals surface area contributed by atoms with Crippen molar-refractivity contribution in [1.29, 1.82) is 0 Å². The quantitative estimate of drug-likeness (QED) is 0.910. The maximum absolute atomic E-state index is 12.3. The second-order valence-electron chi connectivity index (χ2n) is 4.80. The Balaban J connectivity index is 1.81. The van der Waals surface area contributed by atoms with Gasteiger partial charge in [0.2, 0.25) is 0 Å². The van der Waals surface area contributed by atoms with Crippen LogP contribution < -0.4 is 14.2 Å². The molecule has 0 fully saturated rings. The van der Waals surface area contributed by atoms with Crippen molar-refractivity contribution in [2.24, 2.45) is 0 Å². The highest BCUT2D eigenvalue weighted by Crippen LogP contribution is 2.33. The Morgan fingerprint density at radius 1 is 1.18 bits per heavy atom. The zero-order valence-electron chi connectivity index (χ0n) is 11.7. The monoisotopic (exact) mass is 359 g/mol. The number of hydrogen-bond acceptors (Lipinski definition) is 5. The number of sulfonamides is 1. The average Bonchev–Trinajstić information content (AvgIpc) is 2.94. The fourth-order valence-corrected chi connectivity index (χ4v) is 4.86. The first-order chi connectivity index (χ1) is 10.5. The van der Waals surface area contributed by atoms with E-state index in [1.165, 1.54) is 6.07 Å². The fourth-order valence-electron chi connectivity index (χ4n) is 2.13. The highest BCUT2D eigenvalue weighted by molar-refractivity contribution is 7.91. The van der Waals surface area contributed by atoms with Crippen LogP contribution in [-0.2, 0) is 10.0 Å². The molecule has 0 spiro atoms. The molecular weight excluding hydrogens is 346 g/mol. The van der Waals surface area contributed by atoms with Gasteiger partial charge in [-0.25, -0.2) is 13.1 Å². The number of halogens is 1. The minimum absolute atomic E-state index is 0.196. The topological polar surface area (TPSA) is 64.6 Å². The number of benzene rings is 1. The minimum atomic E-state index is -3.60. The molecule has 0 saturated heterocycles. The Morgan fingerprint density at radius 2 is 1.91 bits per heavy atom. The lowest BCUT2D eigenvalue weighted by molar-refractivity contribution is 0.171. The van der Waals surface area contributed by atoms with Crippen LogP contribution in [0.4, 0.5) is 0 Å². The van der Waals surface area contributed by atoms with Crippen LogP contribution in [0.5, 0.6) is 11.5 Å². The molecule has 0 amide bonds. The molecule has 0 aliphatic carbocycles. The highest BCUT2D eigenvalue weighted by Gasteiger charge is 2.21. The van der Waals surface area contributed by atoms with Gasteiger partial charge in [0.05, 0.1) is 4.34 Å². The van der Waals surface area contributed by atoms with Crippen molar-refractivity contribution < 1.29 is 17.9 Å². The number of rotatable bonds is 4. The second-order valence-corrected chi connectivity index (χ2v) is 8.46. The third-order valence-electron chi connectivity index (χ3n) is 3.21. The van der Waals surface area contributed by atoms with Crippen LogP contribution >= 0.6 is 22.9 Å². The van der Waals surface area contributed by atoms with Crippen LogP contribution in [0.15, 0.2) is 34.5 Å². The van der Waals surface area contributed by atoms with Crippen LogP contribution in [0.3, 0.4) is 0 Å². The Hall–Kier alpha value is -1.28. The molecule has 1 aliphatic rings. The zero-order chi connectivity index (χ0) is 15.7. The Morgan fingerprint density at radius 3 is 2.59 bits per heavy atom. The Kier molecular flexibility index (Phi) is 4.31. The van der Waals surface area contributed by atoms with Crippen molar-refractivity contribution in [2.75, 3.05) is 13.2 Å². The number of hydrogen-bond donors (Lipinski definition) is 1. The van der Waals surface area contributed by atoms with Gasteiger partial charge in [0.1, 0.15) is 17.4 Å². The van der Waals surface area contributed by atoms with Crippen molar-refractivity contribution in [3.8, 4) is 11.5 Å². The van der Waals surface area contributed by atoms with Gasteiger partial charge in [0, 0.05) is 6.04 Å². The number of nitrogens with one attached hydrogen (secondary N) is 1. The van der Waals surface area contributed by atoms with Gasteiger partial charge in [-0.2, -0.15) is 0 Å². The molecule has 1 N–H and O–H groups in total. The lowest BCUT2D eigenvalue weighted by Gasteiger charge is -2.21. The molecule has 2 heterocycles. The van der Waals surface area contributed by atoms with E-state index in [0.29, 0.717) is 29.0 Å². The van der Waals surface area contributed by atoms with Crippen molar-refractivity contribution in [3.05, 3.63) is 40.2 Å². The average molecular weight is 360 g/mol. The van der Waals surface area contributed by atoms with E-state index in [-0.39, 0.29) is 4.21 Å². The number of ether oxygens (including phenoxy) is 2. The van der Waals surface area contributed by atoms with E-state index in [9.17, 15) is 8.42 Å². The first-order valence-electron chi connectivity index (χ1n) is 6.63. The van der Waals surface area contributed by atoms with Crippen molar-refractivity contribution in [1.82, 2.24) is 4.72 Å². The molecule has 0 radical (unpaired) electrons.